The van der Waals surface area contributed by atoms with E-state index < -0.39 is 0 Å². The van der Waals surface area contributed by atoms with Crippen molar-refractivity contribution >= 4 is 39.3 Å². The summed E-state index contributed by atoms with van der Waals surface area (Å²) in [6, 6.07) is 6.13. The van der Waals surface area contributed by atoms with Crippen molar-refractivity contribution in [2.45, 2.75) is 43.0 Å². The van der Waals surface area contributed by atoms with Gasteiger partial charge in [-0.2, -0.15) is 0 Å². The van der Waals surface area contributed by atoms with Gasteiger partial charge in [-0.1, -0.05) is 19.3 Å². The van der Waals surface area contributed by atoms with Gasteiger partial charge in [-0.05, 0) is 47.0 Å². The lowest BCUT2D eigenvalue weighted by molar-refractivity contribution is -0.129. The van der Waals surface area contributed by atoms with Crippen molar-refractivity contribution in [1.82, 2.24) is 4.90 Å². The highest BCUT2D eigenvalue weighted by molar-refractivity contribution is 9.10. The SMILES string of the molecule is CN(C(=O)CSc1ccc(N)cc1Br)C1CCCCC1. The number of nitrogens with two attached hydrogens (primary N) is 1. The molecule has 0 atom stereocenters. The number of hydrogen-bond donors (Lipinski definition) is 1. The van der Waals surface area contributed by atoms with Crippen molar-refractivity contribution in [1.29, 1.82) is 0 Å². The molecular weight excluding hydrogens is 336 g/mol. The molecule has 1 saturated carbocycles. The summed E-state index contributed by atoms with van der Waals surface area (Å²) in [6.07, 6.45) is 6.11. The Bertz CT molecular complexity index is 475. The van der Waals surface area contributed by atoms with Gasteiger partial charge in [0.2, 0.25) is 5.91 Å². The highest BCUT2D eigenvalue weighted by atomic mass is 79.9. The van der Waals surface area contributed by atoms with Gasteiger partial charge in [-0.3, -0.25) is 4.79 Å². The highest BCUT2D eigenvalue weighted by Crippen LogP contribution is 2.30. The number of nitrogens with zero attached hydrogens (tertiary/aromatic N) is 1. The van der Waals surface area contributed by atoms with E-state index in [1.54, 1.807) is 11.8 Å². The van der Waals surface area contributed by atoms with E-state index in [9.17, 15) is 4.79 Å². The first-order valence-corrected chi connectivity index (χ1v) is 8.79. The minimum Gasteiger partial charge on any atom is -0.399 e. The Hall–Kier alpha value is -0.680. The van der Waals surface area contributed by atoms with Crippen LogP contribution in [0.4, 0.5) is 5.69 Å². The summed E-state index contributed by atoms with van der Waals surface area (Å²) in [5.41, 5.74) is 6.44. The Labute approximate surface area is 133 Å². The van der Waals surface area contributed by atoms with Gasteiger partial charge in [0.15, 0.2) is 0 Å². The average Bonchev–Trinajstić information content (AvgIpc) is 2.46. The number of amides is 1. The zero-order valence-corrected chi connectivity index (χ0v) is 14.2. The molecule has 1 aromatic carbocycles. The molecule has 0 unspecified atom stereocenters. The van der Waals surface area contributed by atoms with Crippen LogP contribution in [0.1, 0.15) is 32.1 Å². The number of hydrogen-bond acceptors (Lipinski definition) is 3. The molecule has 5 heteroatoms. The van der Waals surface area contributed by atoms with E-state index in [0.717, 1.165) is 27.9 Å². The van der Waals surface area contributed by atoms with E-state index in [-0.39, 0.29) is 5.91 Å². The smallest absolute Gasteiger partial charge is 0.232 e. The number of carbonyl (C=O) groups excluding carboxylic acids is 1. The molecule has 20 heavy (non-hydrogen) atoms. The summed E-state index contributed by atoms with van der Waals surface area (Å²) >= 11 is 5.05. The summed E-state index contributed by atoms with van der Waals surface area (Å²) < 4.78 is 0.954. The molecule has 3 nitrogen and oxygen atoms in total. The predicted molar refractivity (Wildman–Crippen MR) is 88.9 cm³/mol. The number of rotatable bonds is 4. The van der Waals surface area contributed by atoms with Crippen LogP contribution in [0.15, 0.2) is 27.6 Å². The van der Waals surface area contributed by atoms with E-state index in [1.807, 2.05) is 30.1 Å². The third kappa shape index (κ3) is 4.16. The van der Waals surface area contributed by atoms with E-state index in [4.69, 9.17) is 5.73 Å². The lowest BCUT2D eigenvalue weighted by atomic mass is 9.94. The second-order valence-electron chi connectivity index (χ2n) is 5.28. The van der Waals surface area contributed by atoms with Crippen LogP contribution in [0.2, 0.25) is 0 Å². The van der Waals surface area contributed by atoms with Gasteiger partial charge in [-0.25, -0.2) is 0 Å². The van der Waals surface area contributed by atoms with Crippen molar-refractivity contribution < 1.29 is 4.79 Å². The van der Waals surface area contributed by atoms with Crippen LogP contribution >= 0.6 is 27.7 Å². The molecule has 1 aromatic rings. The summed E-state index contributed by atoms with van der Waals surface area (Å²) in [7, 11) is 1.94. The van der Waals surface area contributed by atoms with Gasteiger partial charge < -0.3 is 10.6 Å². The van der Waals surface area contributed by atoms with E-state index >= 15 is 0 Å². The van der Waals surface area contributed by atoms with E-state index in [1.165, 1.54) is 19.3 Å². The molecule has 0 aliphatic heterocycles. The highest BCUT2D eigenvalue weighted by Gasteiger charge is 2.22. The molecular formula is C15H21BrN2OS. The van der Waals surface area contributed by atoms with Crippen molar-refractivity contribution in [3.63, 3.8) is 0 Å². The van der Waals surface area contributed by atoms with Gasteiger partial charge >= 0.3 is 0 Å². The van der Waals surface area contributed by atoms with E-state index in [0.29, 0.717) is 11.8 Å². The molecule has 0 saturated heterocycles. The lowest BCUT2D eigenvalue weighted by Crippen LogP contribution is -2.39. The second-order valence-corrected chi connectivity index (χ2v) is 7.15. The first kappa shape index (κ1) is 15.7. The number of benzene rings is 1. The molecule has 2 rings (SSSR count). The quantitative estimate of drug-likeness (QED) is 0.656. The summed E-state index contributed by atoms with van der Waals surface area (Å²) in [5, 5.41) is 0. The topological polar surface area (TPSA) is 46.3 Å². The summed E-state index contributed by atoms with van der Waals surface area (Å²) in [5.74, 6) is 0.695. The molecule has 0 heterocycles. The number of carbonyl (C=O) groups is 1. The normalized spacial score (nSPS) is 16.1. The maximum Gasteiger partial charge on any atom is 0.232 e. The van der Waals surface area contributed by atoms with Crippen molar-refractivity contribution in [2.75, 3.05) is 18.5 Å². The molecule has 1 aliphatic carbocycles. The van der Waals surface area contributed by atoms with Crippen LogP contribution < -0.4 is 5.73 Å². The van der Waals surface area contributed by atoms with Gasteiger partial charge in [0.05, 0.1) is 5.75 Å². The summed E-state index contributed by atoms with van der Waals surface area (Å²) in [4.78, 5) is 15.3. The first-order chi connectivity index (χ1) is 9.58. The number of halogens is 1. The Balaban J connectivity index is 1.87. The fraction of sp³-hybridized carbons (Fsp3) is 0.533. The van der Waals surface area contributed by atoms with Gasteiger partial charge in [0.1, 0.15) is 0 Å². The number of nitrogen functional groups attached to an aromatic ring is 1. The van der Waals surface area contributed by atoms with Crippen LogP contribution in [0.3, 0.4) is 0 Å². The largest absolute Gasteiger partial charge is 0.399 e. The minimum atomic E-state index is 0.214. The standard InChI is InChI=1S/C15H21BrN2OS/c1-18(12-5-3-2-4-6-12)15(19)10-20-14-8-7-11(17)9-13(14)16/h7-9,12H,2-6,10,17H2,1H3. The minimum absolute atomic E-state index is 0.214. The van der Waals surface area contributed by atoms with Crippen LogP contribution in [0.25, 0.3) is 0 Å². The number of thioether (sulfide) groups is 1. The molecule has 1 amide bonds. The molecule has 0 spiro atoms. The third-order valence-electron chi connectivity index (χ3n) is 3.82. The van der Waals surface area contributed by atoms with Crippen molar-refractivity contribution in [3.05, 3.63) is 22.7 Å². The van der Waals surface area contributed by atoms with Crippen LogP contribution in [0, 0.1) is 0 Å². The summed E-state index contributed by atoms with van der Waals surface area (Å²) in [6.45, 7) is 0. The van der Waals surface area contributed by atoms with Crippen LogP contribution in [-0.2, 0) is 4.79 Å². The fourth-order valence-corrected chi connectivity index (χ4v) is 4.13. The Morgan fingerprint density at radius 1 is 1.40 bits per heavy atom. The third-order valence-corrected chi connectivity index (χ3v) is 5.80. The van der Waals surface area contributed by atoms with Gasteiger partial charge in [0, 0.05) is 28.1 Å². The molecule has 0 aromatic heterocycles. The maximum atomic E-state index is 12.3. The zero-order valence-electron chi connectivity index (χ0n) is 11.8. The van der Waals surface area contributed by atoms with Crippen molar-refractivity contribution in [2.24, 2.45) is 0 Å². The Morgan fingerprint density at radius 3 is 2.75 bits per heavy atom. The lowest BCUT2D eigenvalue weighted by Gasteiger charge is -2.31. The van der Waals surface area contributed by atoms with Crippen molar-refractivity contribution in [3.8, 4) is 0 Å². The Kier molecular flexibility index (Phi) is 5.78. The molecule has 0 bridgehead atoms. The second kappa shape index (κ2) is 7.36. The Morgan fingerprint density at radius 2 is 2.10 bits per heavy atom. The monoisotopic (exact) mass is 356 g/mol. The number of anilines is 1. The van der Waals surface area contributed by atoms with E-state index in [2.05, 4.69) is 15.9 Å². The van der Waals surface area contributed by atoms with Gasteiger partial charge in [-0.15, -0.1) is 11.8 Å². The van der Waals surface area contributed by atoms with Crippen LogP contribution in [0.5, 0.6) is 0 Å². The molecule has 1 fully saturated rings. The van der Waals surface area contributed by atoms with Gasteiger partial charge in [0.25, 0.3) is 0 Å². The molecule has 110 valence electrons. The zero-order chi connectivity index (χ0) is 14.5. The van der Waals surface area contributed by atoms with Crippen LogP contribution in [-0.4, -0.2) is 29.6 Å². The molecule has 1 aliphatic rings. The maximum absolute atomic E-state index is 12.3. The molecule has 2 N–H and O–H groups in total. The predicted octanol–water partition coefficient (Wildman–Crippen LogP) is 3.91. The first-order valence-electron chi connectivity index (χ1n) is 7.01. The molecule has 0 radical (unpaired) electrons. The average molecular weight is 357 g/mol. The fourth-order valence-electron chi connectivity index (χ4n) is 2.55.